The van der Waals surface area contributed by atoms with Crippen LogP contribution in [0.3, 0.4) is 0 Å². The maximum absolute atomic E-state index is 12.9. The van der Waals surface area contributed by atoms with E-state index in [1.807, 2.05) is 0 Å². The quantitative estimate of drug-likeness (QED) is 0.841. The average Bonchev–Trinajstić information content (AvgIpc) is 2.95. The second-order valence-electron chi connectivity index (χ2n) is 5.92. The summed E-state index contributed by atoms with van der Waals surface area (Å²) in [6, 6.07) is 3.31. The number of aromatic amines is 1. The lowest BCUT2D eigenvalue weighted by Crippen LogP contribution is -2.44. The molecule has 0 amide bonds. The fourth-order valence-corrected chi connectivity index (χ4v) is 4.76. The molecule has 0 aliphatic carbocycles. The van der Waals surface area contributed by atoms with Gasteiger partial charge in [-0.2, -0.15) is 9.40 Å². The fourth-order valence-electron chi connectivity index (χ4n) is 2.92. The molecule has 0 aromatic carbocycles. The zero-order valence-electron chi connectivity index (χ0n) is 14.4. The van der Waals surface area contributed by atoms with Crippen molar-refractivity contribution in [2.75, 3.05) is 20.2 Å². The predicted molar refractivity (Wildman–Crippen MR) is 89.1 cm³/mol. The van der Waals surface area contributed by atoms with E-state index in [2.05, 4.69) is 20.4 Å². The van der Waals surface area contributed by atoms with E-state index >= 15 is 0 Å². The van der Waals surface area contributed by atoms with Gasteiger partial charge < -0.3 is 9.47 Å². The van der Waals surface area contributed by atoms with Gasteiger partial charge in [0.1, 0.15) is 11.0 Å². The molecule has 9 nitrogen and oxygen atoms in total. The first-order chi connectivity index (χ1) is 11.9. The highest BCUT2D eigenvalue weighted by molar-refractivity contribution is 7.89. The molecule has 1 aliphatic rings. The molecule has 1 aliphatic heterocycles. The number of aryl methyl sites for hydroxylation is 2. The Balaban J connectivity index is 1.74. The average molecular weight is 367 g/mol. The summed E-state index contributed by atoms with van der Waals surface area (Å²) in [6.07, 6.45) is 1.19. The molecule has 2 aromatic heterocycles. The number of piperidine rings is 1. The summed E-state index contributed by atoms with van der Waals surface area (Å²) in [7, 11) is -2.10. The van der Waals surface area contributed by atoms with Gasteiger partial charge in [0.05, 0.1) is 25.0 Å². The van der Waals surface area contributed by atoms with E-state index in [4.69, 9.17) is 9.47 Å². The van der Waals surface area contributed by atoms with Crippen LogP contribution >= 0.6 is 0 Å². The van der Waals surface area contributed by atoms with Crippen LogP contribution < -0.4 is 9.47 Å². The van der Waals surface area contributed by atoms with Crippen molar-refractivity contribution in [2.24, 2.45) is 0 Å². The normalized spacial score (nSPS) is 18.9. The van der Waals surface area contributed by atoms with Crippen LogP contribution in [0.15, 0.2) is 17.0 Å². The molecule has 1 saturated heterocycles. The highest BCUT2D eigenvalue weighted by Crippen LogP contribution is 2.26. The number of methoxy groups -OCH3 is 1. The fraction of sp³-hybridized carbons (Fsp3) is 0.533. The largest absolute Gasteiger partial charge is 0.480 e. The molecule has 1 fully saturated rings. The Bertz CT molecular complexity index is 815. The van der Waals surface area contributed by atoms with Gasteiger partial charge in [0.25, 0.3) is 0 Å². The maximum Gasteiger partial charge on any atom is 0.246 e. The van der Waals surface area contributed by atoms with E-state index in [1.54, 1.807) is 26.0 Å². The van der Waals surface area contributed by atoms with Crippen molar-refractivity contribution in [1.82, 2.24) is 24.7 Å². The zero-order valence-corrected chi connectivity index (χ0v) is 15.2. The first-order valence-corrected chi connectivity index (χ1v) is 9.42. The van der Waals surface area contributed by atoms with Crippen LogP contribution in [0.1, 0.15) is 24.2 Å². The number of H-pyrrole nitrogens is 1. The summed E-state index contributed by atoms with van der Waals surface area (Å²) in [5.74, 6) is 0.742. The van der Waals surface area contributed by atoms with Crippen molar-refractivity contribution < 1.29 is 17.9 Å². The molecule has 3 rings (SSSR count). The van der Waals surface area contributed by atoms with Crippen LogP contribution in [0.5, 0.6) is 11.8 Å². The van der Waals surface area contributed by atoms with Crippen LogP contribution in [0, 0.1) is 13.8 Å². The van der Waals surface area contributed by atoms with Gasteiger partial charge in [-0.1, -0.05) is 0 Å². The molecule has 10 heteroatoms. The van der Waals surface area contributed by atoms with E-state index in [1.165, 1.54) is 11.4 Å². The monoisotopic (exact) mass is 367 g/mol. The number of aromatic nitrogens is 4. The van der Waals surface area contributed by atoms with Gasteiger partial charge in [-0.15, -0.1) is 10.2 Å². The number of hydrogen-bond donors (Lipinski definition) is 1. The highest BCUT2D eigenvalue weighted by atomic mass is 32.2. The number of nitrogens with one attached hydrogen (secondary N) is 1. The summed E-state index contributed by atoms with van der Waals surface area (Å²) in [5.41, 5.74) is 1.02. The first kappa shape index (κ1) is 17.6. The minimum absolute atomic E-state index is 0.248. The highest BCUT2D eigenvalue weighted by Gasteiger charge is 2.34. The van der Waals surface area contributed by atoms with Crippen LogP contribution in [0.2, 0.25) is 0 Å². The summed E-state index contributed by atoms with van der Waals surface area (Å²) in [6.45, 7) is 4.11. The van der Waals surface area contributed by atoms with Gasteiger partial charge in [0.15, 0.2) is 0 Å². The van der Waals surface area contributed by atoms with Crippen LogP contribution in [-0.2, 0) is 10.0 Å². The molecular weight excluding hydrogens is 346 g/mol. The lowest BCUT2D eigenvalue weighted by molar-refractivity contribution is 0.123. The molecule has 25 heavy (non-hydrogen) atoms. The lowest BCUT2D eigenvalue weighted by Gasteiger charge is -2.31. The van der Waals surface area contributed by atoms with Crippen molar-refractivity contribution >= 4 is 10.0 Å². The Morgan fingerprint density at radius 3 is 2.56 bits per heavy atom. The van der Waals surface area contributed by atoms with Gasteiger partial charge in [-0.3, -0.25) is 5.10 Å². The molecule has 1 N–H and O–H groups in total. The minimum atomic E-state index is -3.61. The van der Waals surface area contributed by atoms with Crippen molar-refractivity contribution in [3.8, 4) is 11.8 Å². The third-order valence-corrected chi connectivity index (χ3v) is 6.24. The second kappa shape index (κ2) is 6.96. The van der Waals surface area contributed by atoms with Gasteiger partial charge in [0, 0.05) is 18.7 Å². The van der Waals surface area contributed by atoms with Crippen molar-refractivity contribution in [3.05, 3.63) is 23.5 Å². The van der Waals surface area contributed by atoms with E-state index < -0.39 is 10.0 Å². The molecular formula is C15H21N5O4S. The molecule has 0 radical (unpaired) electrons. The van der Waals surface area contributed by atoms with Crippen molar-refractivity contribution in [2.45, 2.75) is 37.7 Å². The lowest BCUT2D eigenvalue weighted by atomic mass is 10.1. The zero-order chi connectivity index (χ0) is 18.0. The molecule has 1 unspecified atom stereocenters. The maximum atomic E-state index is 12.9. The Labute approximate surface area is 146 Å². The molecule has 136 valence electrons. The van der Waals surface area contributed by atoms with Crippen molar-refractivity contribution in [3.63, 3.8) is 0 Å². The van der Waals surface area contributed by atoms with E-state index in [9.17, 15) is 8.42 Å². The van der Waals surface area contributed by atoms with E-state index in [-0.39, 0.29) is 17.5 Å². The smallest absolute Gasteiger partial charge is 0.246 e. The number of ether oxygens (including phenoxy) is 2. The van der Waals surface area contributed by atoms with Gasteiger partial charge in [-0.25, -0.2) is 8.42 Å². The number of hydrogen-bond acceptors (Lipinski definition) is 7. The minimum Gasteiger partial charge on any atom is -0.480 e. The second-order valence-corrected chi connectivity index (χ2v) is 7.80. The molecule has 3 heterocycles. The third-order valence-electron chi connectivity index (χ3n) is 4.11. The summed E-state index contributed by atoms with van der Waals surface area (Å²) < 4.78 is 38.1. The number of sulfonamides is 1. The van der Waals surface area contributed by atoms with Gasteiger partial charge in [-0.05, 0) is 26.7 Å². The standard InChI is InChI=1S/C15H21N5O4S/c1-10-15(11(2)17-16-10)25(21,22)20-8-4-5-12(9-20)24-14-7-6-13(23-3)18-19-14/h6-7,12H,4-5,8-9H2,1-3H3,(H,16,17). The Kier molecular flexibility index (Phi) is 4.91. The number of rotatable bonds is 5. The molecule has 0 bridgehead atoms. The third kappa shape index (κ3) is 3.59. The first-order valence-electron chi connectivity index (χ1n) is 7.98. The molecule has 0 spiro atoms. The summed E-state index contributed by atoms with van der Waals surface area (Å²) in [4.78, 5) is 0.248. The topological polar surface area (TPSA) is 110 Å². The SMILES string of the molecule is COc1ccc(OC2CCCN(S(=O)(=O)c3c(C)n[nH]c3C)C2)nn1. The summed E-state index contributed by atoms with van der Waals surface area (Å²) in [5, 5.41) is 14.5. The Morgan fingerprint density at radius 1 is 1.24 bits per heavy atom. The van der Waals surface area contributed by atoms with Crippen LogP contribution in [-0.4, -0.2) is 59.4 Å². The van der Waals surface area contributed by atoms with E-state index in [0.29, 0.717) is 36.1 Å². The summed E-state index contributed by atoms with van der Waals surface area (Å²) >= 11 is 0. The molecule has 0 saturated carbocycles. The van der Waals surface area contributed by atoms with Crippen molar-refractivity contribution in [1.29, 1.82) is 0 Å². The molecule has 2 aromatic rings. The van der Waals surface area contributed by atoms with Crippen LogP contribution in [0.25, 0.3) is 0 Å². The van der Waals surface area contributed by atoms with Gasteiger partial charge >= 0.3 is 0 Å². The van der Waals surface area contributed by atoms with E-state index in [0.717, 1.165) is 6.42 Å². The Hall–Kier alpha value is -2.20. The van der Waals surface area contributed by atoms with Crippen LogP contribution in [0.4, 0.5) is 0 Å². The van der Waals surface area contributed by atoms with Gasteiger partial charge in [0.2, 0.25) is 21.8 Å². The molecule has 1 atom stereocenters. The predicted octanol–water partition coefficient (Wildman–Crippen LogP) is 1.06. The Morgan fingerprint density at radius 2 is 1.96 bits per heavy atom. The number of nitrogens with zero attached hydrogens (tertiary/aromatic N) is 4.